The normalized spacial score (nSPS) is 13.0. The maximum atomic E-state index is 13.3. The van der Waals surface area contributed by atoms with Crippen molar-refractivity contribution in [2.24, 2.45) is 0 Å². The number of hydrogen-bond donors (Lipinski definition) is 1. The lowest BCUT2D eigenvalue weighted by Gasteiger charge is -2.12. The molecule has 0 unspecified atom stereocenters. The van der Waals surface area contributed by atoms with Gasteiger partial charge in [-0.15, -0.1) is 11.3 Å². The molecule has 2 aromatic heterocycles. The summed E-state index contributed by atoms with van der Waals surface area (Å²) in [6.07, 6.45) is -5.53. The summed E-state index contributed by atoms with van der Waals surface area (Å²) in [5.74, 6) is -1.43. The van der Waals surface area contributed by atoms with Crippen LogP contribution in [0.15, 0.2) is 40.9 Å². The fourth-order valence-electron chi connectivity index (χ4n) is 3.13. The Labute approximate surface area is 200 Å². The zero-order chi connectivity index (χ0) is 25.4. The zero-order valence-corrected chi connectivity index (χ0v) is 19.5. The van der Waals surface area contributed by atoms with E-state index in [1.165, 1.54) is 25.1 Å². The third-order valence-corrected chi connectivity index (χ3v) is 7.18. The summed E-state index contributed by atoms with van der Waals surface area (Å²) in [6.45, 7) is 1.21. The Morgan fingerprint density at radius 3 is 2.49 bits per heavy atom. The van der Waals surface area contributed by atoms with Crippen molar-refractivity contribution in [2.75, 3.05) is 17.9 Å². The molecule has 0 saturated carbocycles. The Morgan fingerprint density at radius 1 is 1.14 bits per heavy atom. The minimum Gasteiger partial charge on any atom is -0.454 e. The minimum atomic E-state index is -4.90. The summed E-state index contributed by atoms with van der Waals surface area (Å²) in [6, 6.07) is 6.50. The first kappa shape index (κ1) is 24.6. The van der Waals surface area contributed by atoms with Crippen LogP contribution in [0, 0.1) is 0 Å². The molecule has 9 nitrogen and oxygen atoms in total. The number of carbonyl (C=O) groups excluding carboxylic acids is 2. The van der Waals surface area contributed by atoms with Crippen LogP contribution in [0.5, 0.6) is 11.5 Å². The van der Waals surface area contributed by atoms with E-state index in [2.05, 4.69) is 15.3 Å². The van der Waals surface area contributed by atoms with Gasteiger partial charge in [0.1, 0.15) is 5.69 Å². The number of ether oxygens (including phenoxy) is 2. The largest absolute Gasteiger partial charge is 0.454 e. The predicted molar refractivity (Wildman–Crippen MR) is 118 cm³/mol. The number of benzene rings is 1. The highest BCUT2D eigenvalue weighted by atomic mass is 32.2. The maximum Gasteiger partial charge on any atom is 0.433 e. The van der Waals surface area contributed by atoms with Crippen molar-refractivity contribution in [3.63, 3.8) is 0 Å². The van der Waals surface area contributed by atoms with Gasteiger partial charge in [-0.3, -0.25) is 9.59 Å². The van der Waals surface area contributed by atoms with Gasteiger partial charge in [0.2, 0.25) is 27.7 Å². The summed E-state index contributed by atoms with van der Waals surface area (Å²) in [5.41, 5.74) is -1.41. The summed E-state index contributed by atoms with van der Waals surface area (Å²) >= 11 is 1.08. The molecule has 1 N–H and O–H groups in total. The number of anilines is 1. The molecule has 0 saturated heterocycles. The highest BCUT2D eigenvalue weighted by Crippen LogP contribution is 2.37. The smallest absolute Gasteiger partial charge is 0.433 e. The van der Waals surface area contributed by atoms with E-state index in [0.717, 1.165) is 11.3 Å². The van der Waals surface area contributed by atoms with Crippen LogP contribution >= 0.6 is 11.3 Å². The first-order chi connectivity index (χ1) is 16.4. The quantitative estimate of drug-likeness (QED) is 0.362. The number of sulfone groups is 1. The average Bonchev–Trinajstić information content (AvgIpc) is 3.48. The summed E-state index contributed by atoms with van der Waals surface area (Å²) in [5, 5.41) is 3.01. The van der Waals surface area contributed by atoms with E-state index in [-0.39, 0.29) is 35.3 Å². The number of hydrogen-bond acceptors (Lipinski definition) is 9. The van der Waals surface area contributed by atoms with Crippen molar-refractivity contribution in [1.29, 1.82) is 0 Å². The molecule has 1 amide bonds. The van der Waals surface area contributed by atoms with Crippen LogP contribution in [0.25, 0.3) is 10.6 Å². The van der Waals surface area contributed by atoms with Gasteiger partial charge in [-0.05, 0) is 30.5 Å². The number of halogens is 3. The first-order valence-electron chi connectivity index (χ1n) is 9.91. The molecular formula is C21H16F3N3O6S2. The van der Waals surface area contributed by atoms with Crippen molar-refractivity contribution in [3.8, 4) is 22.1 Å². The van der Waals surface area contributed by atoms with Gasteiger partial charge in [0, 0.05) is 18.1 Å². The Morgan fingerprint density at radius 2 is 1.86 bits per heavy atom. The number of fused-ring (bicyclic) bond motifs is 1. The lowest BCUT2D eigenvalue weighted by molar-refractivity contribution is -0.141. The Kier molecular flexibility index (Phi) is 6.51. The molecule has 14 heteroatoms. The Balaban J connectivity index is 1.55. The second-order valence-electron chi connectivity index (χ2n) is 7.32. The molecule has 0 spiro atoms. The van der Waals surface area contributed by atoms with Crippen LogP contribution in [0.1, 0.15) is 29.4 Å². The van der Waals surface area contributed by atoms with E-state index in [1.807, 2.05) is 0 Å². The molecule has 0 radical (unpaired) electrons. The van der Waals surface area contributed by atoms with Crippen molar-refractivity contribution in [1.82, 2.24) is 9.97 Å². The number of aromatic nitrogens is 2. The molecule has 3 aromatic rings. The van der Waals surface area contributed by atoms with Gasteiger partial charge in [-0.25, -0.2) is 18.4 Å². The van der Waals surface area contributed by atoms with Crippen molar-refractivity contribution < 1.29 is 40.7 Å². The topological polar surface area (TPSA) is 125 Å². The van der Waals surface area contributed by atoms with Crippen LogP contribution in [0.4, 0.5) is 18.9 Å². The SMILES string of the molecule is CC(=O)c1cc2c(cc1NC(=O)CCS(=O)(=O)c1nc(-c3cccs3)cc(C(F)(F)F)n1)OCO2. The Hall–Kier alpha value is -3.52. The summed E-state index contributed by atoms with van der Waals surface area (Å²) < 4.78 is 76.0. The number of alkyl halides is 3. The van der Waals surface area contributed by atoms with Gasteiger partial charge < -0.3 is 14.8 Å². The van der Waals surface area contributed by atoms with Crippen LogP contribution in [-0.4, -0.2) is 42.6 Å². The number of nitrogens with one attached hydrogen (secondary N) is 1. The highest BCUT2D eigenvalue weighted by molar-refractivity contribution is 7.91. The summed E-state index contributed by atoms with van der Waals surface area (Å²) in [7, 11) is -4.47. The molecule has 0 bridgehead atoms. The average molecular weight is 528 g/mol. The van der Waals surface area contributed by atoms with E-state index >= 15 is 0 Å². The van der Waals surface area contributed by atoms with E-state index in [0.29, 0.717) is 16.7 Å². The van der Waals surface area contributed by atoms with Crippen LogP contribution in [-0.2, 0) is 20.8 Å². The fourth-order valence-corrected chi connectivity index (χ4v) is 4.93. The number of Topliss-reactive ketones (excluding diaryl/α,β-unsaturated/α-hetero) is 1. The highest BCUT2D eigenvalue weighted by Gasteiger charge is 2.35. The fraction of sp³-hybridized carbons (Fsp3) is 0.238. The second-order valence-corrected chi connectivity index (χ2v) is 10.3. The molecule has 0 fully saturated rings. The third kappa shape index (κ3) is 5.43. The number of thiophene rings is 1. The molecule has 1 aromatic carbocycles. The van der Waals surface area contributed by atoms with Crippen molar-refractivity contribution in [2.45, 2.75) is 24.7 Å². The maximum absolute atomic E-state index is 13.3. The predicted octanol–water partition coefficient (Wildman–Crippen LogP) is 3.96. The molecule has 0 atom stereocenters. The molecule has 1 aliphatic heterocycles. The molecule has 35 heavy (non-hydrogen) atoms. The van der Waals surface area contributed by atoms with Crippen molar-refractivity contribution in [3.05, 3.63) is 47.0 Å². The van der Waals surface area contributed by atoms with Gasteiger partial charge in [0.15, 0.2) is 17.3 Å². The zero-order valence-electron chi connectivity index (χ0n) is 17.9. The number of amides is 1. The first-order valence-corrected chi connectivity index (χ1v) is 12.4. The van der Waals surface area contributed by atoms with Gasteiger partial charge in [0.25, 0.3) is 0 Å². The number of carbonyl (C=O) groups is 2. The number of nitrogens with zero attached hydrogens (tertiary/aromatic N) is 2. The van der Waals surface area contributed by atoms with Gasteiger partial charge in [0.05, 0.1) is 22.0 Å². The van der Waals surface area contributed by atoms with Crippen molar-refractivity contribution >= 4 is 38.6 Å². The lowest BCUT2D eigenvalue weighted by Crippen LogP contribution is -2.21. The summed E-state index contributed by atoms with van der Waals surface area (Å²) in [4.78, 5) is 31.7. The van der Waals surface area contributed by atoms with E-state index in [9.17, 15) is 31.2 Å². The molecule has 184 valence electrons. The van der Waals surface area contributed by atoms with Crippen LogP contribution in [0.2, 0.25) is 0 Å². The number of ketones is 1. The second kappa shape index (κ2) is 9.26. The van der Waals surface area contributed by atoms with E-state index in [1.54, 1.807) is 11.4 Å². The Bertz CT molecular complexity index is 1410. The lowest BCUT2D eigenvalue weighted by atomic mass is 10.1. The van der Waals surface area contributed by atoms with Crippen LogP contribution < -0.4 is 14.8 Å². The third-order valence-electron chi connectivity index (χ3n) is 4.81. The standard InChI is InChI=1S/C21H16F3N3O6S2/c1-11(28)12-7-15-16(33-10-32-15)8-13(12)25-19(29)4-6-35(30,31)20-26-14(17-3-2-5-34-17)9-18(27-20)21(22,23)24/h2-3,5,7-9H,4,6,10H2,1H3,(H,25,29). The van der Waals surface area contributed by atoms with Gasteiger partial charge >= 0.3 is 6.18 Å². The van der Waals surface area contributed by atoms with Gasteiger partial charge in [-0.2, -0.15) is 13.2 Å². The molecule has 0 aliphatic carbocycles. The van der Waals surface area contributed by atoms with Crippen LogP contribution in [0.3, 0.4) is 0 Å². The molecule has 4 rings (SSSR count). The van der Waals surface area contributed by atoms with E-state index < -0.39 is 44.9 Å². The molecule has 1 aliphatic rings. The molecular weight excluding hydrogens is 511 g/mol. The number of rotatable bonds is 7. The van der Waals surface area contributed by atoms with E-state index in [4.69, 9.17) is 9.47 Å². The van der Waals surface area contributed by atoms with Gasteiger partial charge in [-0.1, -0.05) is 6.07 Å². The minimum absolute atomic E-state index is 0.0627. The molecule has 3 heterocycles. The monoisotopic (exact) mass is 527 g/mol.